The third-order valence-corrected chi connectivity index (χ3v) is 4.55. The molecular weight excluding hydrogens is 406 g/mol. The van der Waals surface area contributed by atoms with E-state index in [9.17, 15) is 13.6 Å². The number of hydrogen-bond donors (Lipinski definition) is 3. The lowest BCUT2D eigenvalue weighted by Crippen LogP contribution is -2.36. The van der Waals surface area contributed by atoms with Crippen molar-refractivity contribution < 1.29 is 18.3 Å². The fraction of sp³-hybridized carbons (Fsp3) is 0.190. The standard InChI is InChI=1S/C21H20F2N6O2/c22-14-9-15(23)11-18(10-14)27-21(30)26-17-3-1-16(2-4-17)25-20-12-19(13-24-28-20)29-5-7-31-8-6-29/h1-4,9-13H,5-8H2,(H,25,28)(H2,26,27,30). The lowest BCUT2D eigenvalue weighted by atomic mass is 10.2. The number of nitrogens with zero attached hydrogens (tertiary/aromatic N) is 3. The first-order valence-electron chi connectivity index (χ1n) is 9.62. The predicted molar refractivity (Wildman–Crippen MR) is 114 cm³/mol. The molecule has 2 aromatic carbocycles. The average molecular weight is 426 g/mol. The van der Waals surface area contributed by atoms with Crippen molar-refractivity contribution in [1.82, 2.24) is 10.2 Å². The largest absolute Gasteiger partial charge is 0.378 e. The zero-order valence-corrected chi connectivity index (χ0v) is 16.4. The summed E-state index contributed by atoms with van der Waals surface area (Å²) >= 11 is 0. The molecule has 2 heterocycles. The van der Waals surface area contributed by atoms with E-state index in [2.05, 4.69) is 31.0 Å². The molecule has 0 aliphatic carbocycles. The van der Waals surface area contributed by atoms with Crippen molar-refractivity contribution in [2.75, 3.05) is 47.2 Å². The van der Waals surface area contributed by atoms with Crippen LogP contribution in [-0.4, -0.2) is 42.5 Å². The summed E-state index contributed by atoms with van der Waals surface area (Å²) in [6, 6.07) is 11.0. The Morgan fingerprint density at radius 2 is 1.55 bits per heavy atom. The molecule has 3 aromatic rings. The molecule has 1 aliphatic rings. The van der Waals surface area contributed by atoms with E-state index >= 15 is 0 Å². The molecule has 0 bridgehead atoms. The van der Waals surface area contributed by atoms with E-state index in [0.29, 0.717) is 24.7 Å². The Morgan fingerprint density at radius 1 is 0.903 bits per heavy atom. The molecule has 1 fully saturated rings. The number of benzene rings is 2. The fourth-order valence-corrected chi connectivity index (χ4v) is 3.12. The smallest absolute Gasteiger partial charge is 0.323 e. The maximum absolute atomic E-state index is 13.2. The summed E-state index contributed by atoms with van der Waals surface area (Å²) in [4.78, 5) is 14.2. The highest BCUT2D eigenvalue weighted by molar-refractivity contribution is 5.99. The Balaban J connectivity index is 1.35. The fourth-order valence-electron chi connectivity index (χ4n) is 3.12. The first kappa shape index (κ1) is 20.5. The molecule has 4 rings (SSSR count). The van der Waals surface area contributed by atoms with E-state index in [1.54, 1.807) is 30.5 Å². The monoisotopic (exact) mass is 426 g/mol. The molecule has 0 spiro atoms. The zero-order chi connectivity index (χ0) is 21.6. The van der Waals surface area contributed by atoms with Gasteiger partial charge in [0.15, 0.2) is 5.82 Å². The van der Waals surface area contributed by atoms with Crippen LogP contribution in [0.3, 0.4) is 0 Å². The van der Waals surface area contributed by atoms with Crippen molar-refractivity contribution >= 4 is 34.6 Å². The van der Waals surface area contributed by atoms with Crippen LogP contribution in [0.4, 0.5) is 42.1 Å². The van der Waals surface area contributed by atoms with Gasteiger partial charge in [-0.1, -0.05) is 0 Å². The van der Waals surface area contributed by atoms with E-state index in [4.69, 9.17) is 4.74 Å². The van der Waals surface area contributed by atoms with Gasteiger partial charge in [-0.25, -0.2) is 13.6 Å². The maximum Gasteiger partial charge on any atom is 0.323 e. The van der Waals surface area contributed by atoms with Crippen molar-refractivity contribution in [2.24, 2.45) is 0 Å². The summed E-state index contributed by atoms with van der Waals surface area (Å²) in [6.07, 6.45) is 1.71. The Morgan fingerprint density at radius 3 is 2.26 bits per heavy atom. The number of aromatic nitrogens is 2. The number of morpholine rings is 1. The predicted octanol–water partition coefficient (Wildman–Crippen LogP) is 3.98. The van der Waals surface area contributed by atoms with E-state index in [0.717, 1.165) is 42.7 Å². The third kappa shape index (κ3) is 5.64. The molecule has 2 amide bonds. The van der Waals surface area contributed by atoms with Crippen molar-refractivity contribution in [3.63, 3.8) is 0 Å². The molecule has 160 valence electrons. The van der Waals surface area contributed by atoms with Gasteiger partial charge in [0.1, 0.15) is 11.6 Å². The first-order valence-corrected chi connectivity index (χ1v) is 9.62. The molecule has 8 nitrogen and oxygen atoms in total. The number of urea groups is 1. The van der Waals surface area contributed by atoms with Crippen LogP contribution in [0.15, 0.2) is 54.7 Å². The van der Waals surface area contributed by atoms with Gasteiger partial charge in [0.05, 0.1) is 25.1 Å². The van der Waals surface area contributed by atoms with Gasteiger partial charge in [0.2, 0.25) is 0 Å². The second-order valence-corrected chi connectivity index (χ2v) is 6.84. The second kappa shape index (κ2) is 9.35. The van der Waals surface area contributed by atoms with E-state index in [-0.39, 0.29) is 5.69 Å². The normalized spacial score (nSPS) is 13.5. The number of carbonyl (C=O) groups excluding carboxylic acids is 1. The molecule has 0 radical (unpaired) electrons. The minimum absolute atomic E-state index is 0.0204. The Labute approximate surface area is 177 Å². The van der Waals surface area contributed by atoms with Crippen LogP contribution in [0.1, 0.15) is 0 Å². The summed E-state index contributed by atoms with van der Waals surface area (Å²) < 4.78 is 31.8. The van der Waals surface area contributed by atoms with E-state index in [1.807, 2.05) is 6.07 Å². The topological polar surface area (TPSA) is 91.4 Å². The minimum Gasteiger partial charge on any atom is -0.378 e. The van der Waals surface area contributed by atoms with Gasteiger partial charge >= 0.3 is 6.03 Å². The Hall–Kier alpha value is -3.79. The molecular formula is C21H20F2N6O2. The zero-order valence-electron chi connectivity index (χ0n) is 16.4. The molecule has 10 heteroatoms. The number of carbonyl (C=O) groups is 1. The SMILES string of the molecule is O=C(Nc1ccc(Nc2cc(N3CCOCC3)cnn2)cc1)Nc1cc(F)cc(F)c1. The van der Waals surface area contributed by atoms with Crippen molar-refractivity contribution in [1.29, 1.82) is 0 Å². The van der Waals surface area contributed by atoms with Crippen LogP contribution >= 0.6 is 0 Å². The minimum atomic E-state index is -0.772. The lowest BCUT2D eigenvalue weighted by Gasteiger charge is -2.28. The Bertz CT molecular complexity index is 1040. The highest BCUT2D eigenvalue weighted by atomic mass is 19.1. The number of amides is 2. The van der Waals surface area contributed by atoms with Gasteiger partial charge in [0.25, 0.3) is 0 Å². The molecule has 0 unspecified atom stereocenters. The van der Waals surface area contributed by atoms with Crippen LogP contribution in [0, 0.1) is 11.6 Å². The molecule has 0 atom stereocenters. The van der Waals surface area contributed by atoms with Gasteiger partial charge in [-0.15, -0.1) is 5.10 Å². The van der Waals surface area contributed by atoms with E-state index < -0.39 is 17.7 Å². The second-order valence-electron chi connectivity index (χ2n) is 6.84. The highest BCUT2D eigenvalue weighted by Gasteiger charge is 2.12. The van der Waals surface area contributed by atoms with Crippen LogP contribution < -0.4 is 20.9 Å². The average Bonchev–Trinajstić information content (AvgIpc) is 2.75. The van der Waals surface area contributed by atoms with Gasteiger partial charge in [-0.3, -0.25) is 0 Å². The van der Waals surface area contributed by atoms with Gasteiger partial charge < -0.3 is 25.6 Å². The molecule has 1 aromatic heterocycles. The molecule has 1 aliphatic heterocycles. The third-order valence-electron chi connectivity index (χ3n) is 4.55. The van der Waals surface area contributed by atoms with Gasteiger partial charge in [-0.2, -0.15) is 5.10 Å². The summed E-state index contributed by atoms with van der Waals surface area (Å²) in [7, 11) is 0. The summed E-state index contributed by atoms with van der Waals surface area (Å²) in [5, 5.41) is 16.3. The number of ether oxygens (including phenoxy) is 1. The number of halogens is 2. The first-order chi connectivity index (χ1) is 15.0. The van der Waals surface area contributed by atoms with Gasteiger partial charge in [0, 0.05) is 42.3 Å². The lowest BCUT2D eigenvalue weighted by molar-refractivity contribution is 0.122. The molecule has 1 saturated heterocycles. The molecule has 3 N–H and O–H groups in total. The van der Waals surface area contributed by atoms with E-state index in [1.165, 1.54) is 0 Å². The maximum atomic E-state index is 13.2. The van der Waals surface area contributed by atoms with Gasteiger partial charge in [-0.05, 0) is 36.4 Å². The highest BCUT2D eigenvalue weighted by Crippen LogP contribution is 2.22. The number of rotatable bonds is 5. The van der Waals surface area contributed by atoms with Crippen LogP contribution in [0.2, 0.25) is 0 Å². The quantitative estimate of drug-likeness (QED) is 0.572. The molecule has 31 heavy (non-hydrogen) atoms. The van der Waals surface area contributed by atoms with Crippen molar-refractivity contribution in [2.45, 2.75) is 0 Å². The summed E-state index contributed by atoms with van der Waals surface area (Å²) in [5.74, 6) is -0.950. The van der Waals surface area contributed by atoms with Crippen LogP contribution in [0.25, 0.3) is 0 Å². The summed E-state index contributed by atoms with van der Waals surface area (Å²) in [6.45, 7) is 2.97. The molecule has 0 saturated carbocycles. The number of hydrogen-bond acceptors (Lipinski definition) is 6. The number of anilines is 5. The summed E-state index contributed by atoms with van der Waals surface area (Å²) in [5.41, 5.74) is 2.25. The Kier molecular flexibility index (Phi) is 6.18. The van der Waals surface area contributed by atoms with Crippen molar-refractivity contribution in [3.05, 3.63) is 66.4 Å². The van der Waals surface area contributed by atoms with Crippen molar-refractivity contribution in [3.8, 4) is 0 Å². The van der Waals surface area contributed by atoms with Crippen LogP contribution in [-0.2, 0) is 4.74 Å². The van der Waals surface area contributed by atoms with Crippen LogP contribution in [0.5, 0.6) is 0 Å². The number of nitrogens with one attached hydrogen (secondary N) is 3.